The van der Waals surface area contributed by atoms with E-state index in [-0.39, 0.29) is 0 Å². The lowest BCUT2D eigenvalue weighted by Gasteiger charge is -1.90. The highest BCUT2D eigenvalue weighted by atomic mass is 19.2. The van der Waals surface area contributed by atoms with E-state index in [4.69, 9.17) is 9.90 Å². The summed E-state index contributed by atoms with van der Waals surface area (Å²) in [6, 6.07) is 2.82. The van der Waals surface area contributed by atoms with Crippen LogP contribution >= 0.6 is 0 Å². The molecule has 0 aliphatic rings. The van der Waals surface area contributed by atoms with E-state index in [2.05, 4.69) is 0 Å². The SMILES string of the molecule is CC(=O)O.Fc1cccc(F)c1F. The second-order valence-electron chi connectivity index (χ2n) is 2.05. The molecule has 0 radical (unpaired) electrons. The van der Waals surface area contributed by atoms with Gasteiger partial charge in [0.2, 0.25) is 0 Å². The standard InChI is InChI=1S/C6H3F3.C2H4O2/c7-4-2-1-3-5(8)6(4)9;1-2(3)4/h1-3H;1H3,(H,3,4). The molecule has 0 bridgehead atoms. The molecular weight excluding hydrogens is 185 g/mol. The molecule has 1 aromatic rings. The highest BCUT2D eigenvalue weighted by Gasteiger charge is 2.04. The molecule has 1 rings (SSSR count). The van der Waals surface area contributed by atoms with Crippen LogP contribution in [-0.4, -0.2) is 11.1 Å². The monoisotopic (exact) mass is 192 g/mol. The molecular formula is C8H7F3O2. The molecule has 0 heterocycles. The van der Waals surface area contributed by atoms with Crippen molar-refractivity contribution in [3.8, 4) is 0 Å². The molecule has 13 heavy (non-hydrogen) atoms. The smallest absolute Gasteiger partial charge is 0.300 e. The zero-order chi connectivity index (χ0) is 10.4. The molecule has 0 aliphatic carbocycles. The molecule has 0 saturated carbocycles. The average molecular weight is 192 g/mol. The fourth-order valence-corrected chi connectivity index (χ4v) is 0.477. The predicted molar refractivity (Wildman–Crippen MR) is 39.6 cm³/mol. The largest absolute Gasteiger partial charge is 0.481 e. The van der Waals surface area contributed by atoms with Crippen LogP contribution in [0.25, 0.3) is 0 Å². The highest BCUT2D eigenvalue weighted by Crippen LogP contribution is 2.07. The third kappa shape index (κ3) is 4.84. The van der Waals surface area contributed by atoms with Gasteiger partial charge in [0.1, 0.15) is 0 Å². The Morgan fingerprint density at radius 1 is 1.23 bits per heavy atom. The Morgan fingerprint density at radius 2 is 1.54 bits per heavy atom. The Morgan fingerprint density at radius 3 is 1.77 bits per heavy atom. The van der Waals surface area contributed by atoms with E-state index in [0.717, 1.165) is 25.1 Å². The first-order valence-electron chi connectivity index (χ1n) is 3.24. The van der Waals surface area contributed by atoms with Crippen LogP contribution in [0.4, 0.5) is 13.2 Å². The molecule has 1 N–H and O–H groups in total. The van der Waals surface area contributed by atoms with E-state index in [9.17, 15) is 13.2 Å². The van der Waals surface area contributed by atoms with Crippen molar-refractivity contribution >= 4 is 5.97 Å². The van der Waals surface area contributed by atoms with Gasteiger partial charge in [-0.15, -0.1) is 0 Å². The van der Waals surface area contributed by atoms with E-state index in [1.165, 1.54) is 0 Å². The van der Waals surface area contributed by atoms with Gasteiger partial charge in [-0.2, -0.15) is 0 Å². The van der Waals surface area contributed by atoms with Crippen molar-refractivity contribution in [2.75, 3.05) is 0 Å². The molecule has 0 unspecified atom stereocenters. The van der Waals surface area contributed by atoms with Crippen LogP contribution < -0.4 is 0 Å². The lowest BCUT2D eigenvalue weighted by atomic mass is 10.3. The van der Waals surface area contributed by atoms with Crippen LogP contribution in [0.2, 0.25) is 0 Å². The van der Waals surface area contributed by atoms with Gasteiger partial charge in [0.05, 0.1) is 0 Å². The number of rotatable bonds is 0. The van der Waals surface area contributed by atoms with Gasteiger partial charge in [-0.05, 0) is 12.1 Å². The average Bonchev–Trinajstić information content (AvgIpc) is 1.99. The molecule has 2 nitrogen and oxygen atoms in total. The summed E-state index contributed by atoms with van der Waals surface area (Å²) in [4.78, 5) is 9.00. The van der Waals surface area contributed by atoms with Crippen molar-refractivity contribution in [1.29, 1.82) is 0 Å². The molecule has 5 heteroatoms. The molecule has 0 aliphatic heterocycles. The summed E-state index contributed by atoms with van der Waals surface area (Å²) < 4.78 is 35.9. The Kier molecular flexibility index (Phi) is 4.58. The second-order valence-corrected chi connectivity index (χ2v) is 2.05. The van der Waals surface area contributed by atoms with Crippen molar-refractivity contribution in [3.05, 3.63) is 35.7 Å². The van der Waals surface area contributed by atoms with Crippen LogP contribution in [0.3, 0.4) is 0 Å². The molecule has 0 spiro atoms. The lowest BCUT2D eigenvalue weighted by molar-refractivity contribution is -0.134. The number of hydrogen-bond acceptors (Lipinski definition) is 1. The van der Waals surface area contributed by atoms with Crippen molar-refractivity contribution in [2.45, 2.75) is 6.92 Å². The number of benzene rings is 1. The third-order valence-electron chi connectivity index (χ3n) is 0.904. The Hall–Kier alpha value is -1.52. The molecule has 0 fully saturated rings. The molecule has 0 saturated heterocycles. The first-order chi connectivity index (χ1) is 5.95. The van der Waals surface area contributed by atoms with Gasteiger partial charge in [0.25, 0.3) is 5.97 Å². The summed E-state index contributed by atoms with van der Waals surface area (Å²) in [5, 5.41) is 7.42. The van der Waals surface area contributed by atoms with E-state index < -0.39 is 23.4 Å². The predicted octanol–water partition coefficient (Wildman–Crippen LogP) is 2.19. The van der Waals surface area contributed by atoms with Crippen molar-refractivity contribution < 1.29 is 23.1 Å². The summed E-state index contributed by atoms with van der Waals surface area (Å²) in [6.07, 6.45) is 0. The summed E-state index contributed by atoms with van der Waals surface area (Å²) in [5.74, 6) is -4.57. The van der Waals surface area contributed by atoms with Crippen LogP contribution in [0.15, 0.2) is 18.2 Å². The Balaban J connectivity index is 0.000000310. The molecule has 1 aromatic carbocycles. The van der Waals surface area contributed by atoms with Crippen LogP contribution in [0.1, 0.15) is 6.92 Å². The van der Waals surface area contributed by atoms with E-state index in [0.29, 0.717) is 0 Å². The second kappa shape index (κ2) is 5.18. The van der Waals surface area contributed by atoms with Gasteiger partial charge in [0.15, 0.2) is 17.5 Å². The van der Waals surface area contributed by atoms with Crippen LogP contribution in [-0.2, 0) is 4.79 Å². The maximum Gasteiger partial charge on any atom is 0.300 e. The normalized spacial score (nSPS) is 8.62. The summed E-state index contributed by atoms with van der Waals surface area (Å²) in [5.41, 5.74) is 0. The van der Waals surface area contributed by atoms with E-state index >= 15 is 0 Å². The van der Waals surface area contributed by atoms with Crippen LogP contribution in [0.5, 0.6) is 0 Å². The number of halogens is 3. The minimum absolute atomic E-state index is 0.833. The molecule has 0 amide bonds. The number of hydrogen-bond donors (Lipinski definition) is 1. The van der Waals surface area contributed by atoms with Crippen molar-refractivity contribution in [2.24, 2.45) is 0 Å². The van der Waals surface area contributed by atoms with Gasteiger partial charge in [0, 0.05) is 6.92 Å². The Bertz CT molecular complexity index is 275. The molecule has 0 atom stereocenters. The van der Waals surface area contributed by atoms with Gasteiger partial charge >= 0.3 is 0 Å². The topological polar surface area (TPSA) is 37.3 Å². The van der Waals surface area contributed by atoms with Gasteiger partial charge < -0.3 is 5.11 Å². The summed E-state index contributed by atoms with van der Waals surface area (Å²) in [7, 11) is 0. The number of carbonyl (C=O) groups is 1. The van der Waals surface area contributed by atoms with E-state index in [1.54, 1.807) is 0 Å². The lowest BCUT2D eigenvalue weighted by Crippen LogP contribution is -1.86. The third-order valence-corrected chi connectivity index (χ3v) is 0.904. The maximum atomic E-state index is 12.0. The minimum Gasteiger partial charge on any atom is -0.481 e. The van der Waals surface area contributed by atoms with Gasteiger partial charge in [-0.1, -0.05) is 6.07 Å². The number of carboxylic acid groups (broad SMARTS) is 1. The fraction of sp³-hybridized carbons (Fsp3) is 0.125. The molecule has 0 aromatic heterocycles. The number of carboxylic acids is 1. The molecule has 72 valence electrons. The fourth-order valence-electron chi connectivity index (χ4n) is 0.477. The van der Waals surface area contributed by atoms with Gasteiger partial charge in [-0.3, -0.25) is 4.79 Å². The minimum atomic E-state index is -1.42. The summed E-state index contributed by atoms with van der Waals surface area (Å²) >= 11 is 0. The Labute approximate surface area is 72.6 Å². The zero-order valence-electron chi connectivity index (χ0n) is 6.72. The first kappa shape index (κ1) is 11.5. The quantitative estimate of drug-likeness (QED) is 0.639. The van der Waals surface area contributed by atoms with Gasteiger partial charge in [-0.25, -0.2) is 13.2 Å². The van der Waals surface area contributed by atoms with E-state index in [1.807, 2.05) is 0 Å². The van der Waals surface area contributed by atoms with Crippen LogP contribution in [0, 0.1) is 17.5 Å². The first-order valence-corrected chi connectivity index (χ1v) is 3.24. The highest BCUT2D eigenvalue weighted by molar-refractivity contribution is 5.62. The zero-order valence-corrected chi connectivity index (χ0v) is 6.72. The maximum absolute atomic E-state index is 12.0. The van der Waals surface area contributed by atoms with Crippen molar-refractivity contribution in [3.63, 3.8) is 0 Å². The number of aliphatic carboxylic acids is 1. The summed E-state index contributed by atoms with van der Waals surface area (Å²) in [6.45, 7) is 1.08. The van der Waals surface area contributed by atoms with Crippen molar-refractivity contribution in [1.82, 2.24) is 0 Å².